The zero-order valence-corrected chi connectivity index (χ0v) is 16.1. The van der Waals surface area contributed by atoms with Gasteiger partial charge in [0.15, 0.2) is 11.4 Å². The summed E-state index contributed by atoms with van der Waals surface area (Å²) in [7, 11) is 4.11. The SMILES string of the molecule is CC(C)Cc1nc2oc3c(NCCN(C)C)ncnc3c2c2c1CCC2. The Hall–Kier alpha value is -2.21. The van der Waals surface area contributed by atoms with E-state index in [0.29, 0.717) is 11.6 Å². The first-order valence-corrected chi connectivity index (χ1v) is 9.51. The lowest BCUT2D eigenvalue weighted by atomic mass is 9.99. The number of fused-ring (bicyclic) bond motifs is 5. The quantitative estimate of drug-likeness (QED) is 0.732. The molecule has 1 aliphatic rings. The maximum absolute atomic E-state index is 6.18. The van der Waals surface area contributed by atoms with Gasteiger partial charge in [0.2, 0.25) is 5.71 Å². The molecule has 0 atom stereocenters. The van der Waals surface area contributed by atoms with E-state index in [-0.39, 0.29) is 0 Å². The second-order valence-electron chi connectivity index (χ2n) is 7.88. The Bertz CT molecular complexity index is 944. The van der Waals surface area contributed by atoms with Crippen LogP contribution in [0.2, 0.25) is 0 Å². The first-order chi connectivity index (χ1) is 12.5. The van der Waals surface area contributed by atoms with Crippen LogP contribution in [0.25, 0.3) is 22.2 Å². The van der Waals surface area contributed by atoms with Gasteiger partial charge in [-0.2, -0.15) is 0 Å². The van der Waals surface area contributed by atoms with Gasteiger partial charge in [-0.25, -0.2) is 15.0 Å². The number of rotatable bonds is 6. The molecule has 0 unspecified atom stereocenters. The Morgan fingerprint density at radius 2 is 2.00 bits per heavy atom. The Morgan fingerprint density at radius 1 is 1.19 bits per heavy atom. The van der Waals surface area contributed by atoms with Crippen molar-refractivity contribution in [3.05, 3.63) is 23.1 Å². The molecule has 3 aromatic heterocycles. The van der Waals surface area contributed by atoms with E-state index in [0.717, 1.165) is 54.7 Å². The third kappa shape index (κ3) is 3.03. The maximum Gasteiger partial charge on any atom is 0.229 e. The third-order valence-corrected chi connectivity index (χ3v) is 5.01. The fourth-order valence-electron chi connectivity index (χ4n) is 3.86. The molecule has 1 N–H and O–H groups in total. The van der Waals surface area contributed by atoms with E-state index in [9.17, 15) is 0 Å². The van der Waals surface area contributed by atoms with Crippen molar-refractivity contribution < 1.29 is 4.42 Å². The van der Waals surface area contributed by atoms with Crippen molar-refractivity contribution in [2.45, 2.75) is 39.5 Å². The average molecular weight is 353 g/mol. The summed E-state index contributed by atoms with van der Waals surface area (Å²) in [6.07, 6.45) is 6.01. The number of aromatic nitrogens is 3. The molecule has 0 saturated carbocycles. The van der Waals surface area contributed by atoms with Gasteiger partial charge in [-0.05, 0) is 56.8 Å². The third-order valence-electron chi connectivity index (χ3n) is 5.01. The van der Waals surface area contributed by atoms with Crippen molar-refractivity contribution in [2.75, 3.05) is 32.5 Å². The van der Waals surface area contributed by atoms with Crippen LogP contribution in [0.3, 0.4) is 0 Å². The standard InChI is InChI=1S/C20H27N5O/c1-12(2)10-15-13-6-5-7-14(13)16-17-18(26-20(16)24-15)19(23-11-22-17)21-8-9-25(3)4/h11-12H,5-10H2,1-4H3,(H,21,22,23). The summed E-state index contributed by atoms with van der Waals surface area (Å²) in [4.78, 5) is 16.0. The van der Waals surface area contributed by atoms with Gasteiger partial charge in [0.05, 0.1) is 5.39 Å². The Balaban J connectivity index is 1.83. The number of furan rings is 1. The monoisotopic (exact) mass is 353 g/mol. The van der Waals surface area contributed by atoms with Crippen LogP contribution < -0.4 is 5.32 Å². The van der Waals surface area contributed by atoms with Gasteiger partial charge < -0.3 is 14.6 Å². The molecule has 138 valence electrons. The molecule has 6 nitrogen and oxygen atoms in total. The zero-order chi connectivity index (χ0) is 18.3. The van der Waals surface area contributed by atoms with Gasteiger partial charge in [0, 0.05) is 18.8 Å². The highest BCUT2D eigenvalue weighted by Gasteiger charge is 2.25. The van der Waals surface area contributed by atoms with Gasteiger partial charge in [-0.3, -0.25) is 0 Å². The summed E-state index contributed by atoms with van der Waals surface area (Å²) in [6, 6.07) is 0. The van der Waals surface area contributed by atoms with Crippen LogP contribution in [0.15, 0.2) is 10.7 Å². The molecule has 0 aliphatic heterocycles. The van der Waals surface area contributed by atoms with E-state index in [1.165, 1.54) is 23.2 Å². The van der Waals surface area contributed by atoms with E-state index in [2.05, 4.69) is 48.1 Å². The molecule has 0 radical (unpaired) electrons. The molecular formula is C20H27N5O. The molecule has 26 heavy (non-hydrogen) atoms. The Kier molecular flexibility index (Phi) is 4.53. The molecule has 0 saturated heterocycles. The van der Waals surface area contributed by atoms with Crippen LogP contribution in [0.4, 0.5) is 5.82 Å². The van der Waals surface area contributed by atoms with Crippen LogP contribution in [0, 0.1) is 5.92 Å². The first-order valence-electron chi connectivity index (χ1n) is 9.51. The molecule has 3 heterocycles. The highest BCUT2D eigenvalue weighted by atomic mass is 16.3. The normalized spacial score (nSPS) is 14.1. The number of aryl methyl sites for hydroxylation is 1. The number of hydrogen-bond acceptors (Lipinski definition) is 6. The largest absolute Gasteiger partial charge is 0.432 e. The van der Waals surface area contributed by atoms with Crippen molar-refractivity contribution >= 4 is 28.0 Å². The van der Waals surface area contributed by atoms with Gasteiger partial charge in [-0.15, -0.1) is 0 Å². The van der Waals surface area contributed by atoms with Crippen LogP contribution in [-0.4, -0.2) is 47.0 Å². The van der Waals surface area contributed by atoms with Gasteiger partial charge in [0.1, 0.15) is 11.8 Å². The fourth-order valence-corrected chi connectivity index (χ4v) is 3.86. The summed E-state index contributed by atoms with van der Waals surface area (Å²) in [6.45, 7) is 6.21. The minimum atomic E-state index is 0.581. The second kappa shape index (κ2) is 6.83. The summed E-state index contributed by atoms with van der Waals surface area (Å²) in [5.74, 6) is 1.34. The number of anilines is 1. The highest BCUT2D eigenvalue weighted by molar-refractivity contribution is 6.06. The lowest BCUT2D eigenvalue weighted by molar-refractivity contribution is 0.425. The van der Waals surface area contributed by atoms with Crippen molar-refractivity contribution in [2.24, 2.45) is 5.92 Å². The van der Waals surface area contributed by atoms with Gasteiger partial charge >= 0.3 is 0 Å². The number of pyridine rings is 1. The Labute approximate surface area is 154 Å². The van der Waals surface area contributed by atoms with Crippen molar-refractivity contribution in [3.8, 4) is 0 Å². The average Bonchev–Trinajstić information content (AvgIpc) is 3.18. The number of nitrogens with one attached hydrogen (secondary N) is 1. The molecule has 6 heteroatoms. The Morgan fingerprint density at radius 3 is 2.77 bits per heavy atom. The number of hydrogen-bond donors (Lipinski definition) is 1. The smallest absolute Gasteiger partial charge is 0.229 e. The predicted octanol–water partition coefficient (Wildman–Crippen LogP) is 3.43. The van der Waals surface area contributed by atoms with Crippen LogP contribution in [0.5, 0.6) is 0 Å². The van der Waals surface area contributed by atoms with E-state index in [1.54, 1.807) is 6.33 Å². The van der Waals surface area contributed by atoms with Crippen LogP contribution in [-0.2, 0) is 19.3 Å². The summed E-state index contributed by atoms with van der Waals surface area (Å²) in [5, 5.41) is 4.48. The molecule has 0 amide bonds. The van der Waals surface area contributed by atoms with E-state index in [4.69, 9.17) is 9.40 Å². The minimum Gasteiger partial charge on any atom is -0.432 e. The fraction of sp³-hybridized carbons (Fsp3) is 0.550. The lowest BCUT2D eigenvalue weighted by Crippen LogP contribution is -2.21. The minimum absolute atomic E-state index is 0.581. The zero-order valence-electron chi connectivity index (χ0n) is 16.1. The molecule has 0 bridgehead atoms. The van der Waals surface area contributed by atoms with Crippen molar-refractivity contribution in [1.82, 2.24) is 19.9 Å². The summed E-state index contributed by atoms with van der Waals surface area (Å²) in [5.41, 5.74) is 6.35. The highest BCUT2D eigenvalue weighted by Crippen LogP contribution is 2.38. The van der Waals surface area contributed by atoms with Crippen LogP contribution >= 0.6 is 0 Å². The molecular weight excluding hydrogens is 326 g/mol. The van der Waals surface area contributed by atoms with E-state index < -0.39 is 0 Å². The second-order valence-corrected chi connectivity index (χ2v) is 7.88. The number of likely N-dealkylation sites (N-methyl/N-ethyl adjacent to an activating group) is 1. The summed E-state index contributed by atoms with van der Waals surface area (Å²) < 4.78 is 6.18. The van der Waals surface area contributed by atoms with E-state index in [1.807, 2.05) is 0 Å². The molecule has 0 spiro atoms. The topological polar surface area (TPSA) is 67.1 Å². The van der Waals surface area contributed by atoms with Crippen molar-refractivity contribution in [3.63, 3.8) is 0 Å². The predicted molar refractivity (Wildman–Crippen MR) is 105 cm³/mol. The van der Waals surface area contributed by atoms with Crippen LogP contribution in [0.1, 0.15) is 37.1 Å². The molecule has 0 fully saturated rings. The van der Waals surface area contributed by atoms with Gasteiger partial charge in [-0.1, -0.05) is 13.8 Å². The molecule has 3 aromatic rings. The molecule has 4 rings (SSSR count). The van der Waals surface area contributed by atoms with Gasteiger partial charge in [0.25, 0.3) is 0 Å². The maximum atomic E-state index is 6.18. The first kappa shape index (κ1) is 17.2. The lowest BCUT2D eigenvalue weighted by Gasteiger charge is -2.10. The van der Waals surface area contributed by atoms with E-state index >= 15 is 0 Å². The van der Waals surface area contributed by atoms with Crippen molar-refractivity contribution in [1.29, 1.82) is 0 Å². The summed E-state index contributed by atoms with van der Waals surface area (Å²) >= 11 is 0. The number of nitrogens with zero attached hydrogens (tertiary/aromatic N) is 4. The molecule has 0 aromatic carbocycles. The molecule has 1 aliphatic carbocycles.